The Morgan fingerprint density at radius 3 is 2.80 bits per heavy atom. The zero-order valence-corrected chi connectivity index (χ0v) is 16.0. The van der Waals surface area contributed by atoms with Crippen LogP contribution in [0.1, 0.15) is 46.7 Å². The minimum atomic E-state index is 0.0465. The molecule has 0 atom stereocenters. The molecule has 5 nitrogen and oxygen atoms in total. The van der Waals surface area contributed by atoms with E-state index in [9.17, 15) is 4.79 Å². The average molecular weight is 360 g/mol. The van der Waals surface area contributed by atoms with E-state index < -0.39 is 0 Å². The van der Waals surface area contributed by atoms with Crippen LogP contribution < -0.4 is 9.47 Å². The van der Waals surface area contributed by atoms with Gasteiger partial charge in [-0.05, 0) is 37.5 Å². The van der Waals surface area contributed by atoms with Crippen LogP contribution in [0.4, 0.5) is 0 Å². The highest BCUT2D eigenvalue weighted by Gasteiger charge is 2.22. The van der Waals surface area contributed by atoms with Crippen LogP contribution in [0.5, 0.6) is 11.5 Å². The lowest BCUT2D eigenvalue weighted by Gasteiger charge is -2.20. The number of ether oxygens (including phenoxy) is 2. The van der Waals surface area contributed by atoms with E-state index in [1.165, 1.54) is 11.3 Å². The van der Waals surface area contributed by atoms with Gasteiger partial charge in [0.05, 0.1) is 10.7 Å². The summed E-state index contributed by atoms with van der Waals surface area (Å²) in [5.41, 5.74) is 1.86. The first-order valence-electron chi connectivity index (χ1n) is 8.62. The molecule has 0 fully saturated rings. The van der Waals surface area contributed by atoms with Crippen molar-refractivity contribution in [3.63, 3.8) is 0 Å². The zero-order valence-electron chi connectivity index (χ0n) is 15.2. The summed E-state index contributed by atoms with van der Waals surface area (Å²) in [4.78, 5) is 20.1. The molecule has 0 aliphatic carbocycles. The third-order valence-corrected chi connectivity index (χ3v) is 5.27. The maximum Gasteiger partial charge on any atom is 0.266 e. The normalized spacial score (nSPS) is 12.7. The van der Waals surface area contributed by atoms with Crippen molar-refractivity contribution < 1.29 is 14.3 Å². The maximum absolute atomic E-state index is 13.0. The number of thiazole rings is 1. The van der Waals surface area contributed by atoms with E-state index in [0.717, 1.165) is 39.1 Å². The Kier molecular flexibility index (Phi) is 5.27. The molecule has 0 saturated heterocycles. The van der Waals surface area contributed by atoms with E-state index >= 15 is 0 Å². The predicted octanol–water partition coefficient (Wildman–Crippen LogP) is 4.04. The molecule has 0 N–H and O–H groups in total. The fraction of sp³-hybridized carbons (Fsp3) is 0.474. The van der Waals surface area contributed by atoms with E-state index in [1.54, 1.807) is 0 Å². The quantitative estimate of drug-likeness (QED) is 0.780. The highest BCUT2D eigenvalue weighted by Crippen LogP contribution is 2.33. The summed E-state index contributed by atoms with van der Waals surface area (Å²) in [5.74, 6) is 2.08. The molecular weight excluding hydrogens is 336 g/mol. The highest BCUT2D eigenvalue weighted by molar-refractivity contribution is 7.13. The molecule has 0 radical (unpaired) electrons. The van der Waals surface area contributed by atoms with Gasteiger partial charge >= 0.3 is 0 Å². The van der Waals surface area contributed by atoms with Crippen LogP contribution in [0.3, 0.4) is 0 Å². The third kappa shape index (κ3) is 3.95. The summed E-state index contributed by atoms with van der Waals surface area (Å²) < 4.78 is 10.8. The Hall–Kier alpha value is -2.08. The molecule has 3 rings (SSSR count). The van der Waals surface area contributed by atoms with E-state index in [2.05, 4.69) is 18.8 Å². The first-order chi connectivity index (χ1) is 12.0. The molecule has 1 aromatic carbocycles. The number of carbonyl (C=O) groups is 1. The third-order valence-electron chi connectivity index (χ3n) is 4.10. The number of hydrogen-bond donors (Lipinski definition) is 0. The molecule has 0 bridgehead atoms. The van der Waals surface area contributed by atoms with Crippen molar-refractivity contribution in [1.82, 2.24) is 9.88 Å². The fourth-order valence-electron chi connectivity index (χ4n) is 2.82. The second kappa shape index (κ2) is 7.44. The van der Waals surface area contributed by atoms with E-state index in [-0.39, 0.29) is 12.7 Å². The van der Waals surface area contributed by atoms with Crippen LogP contribution in [-0.2, 0) is 13.0 Å². The van der Waals surface area contributed by atoms with Crippen LogP contribution in [0.15, 0.2) is 18.2 Å². The monoisotopic (exact) mass is 360 g/mol. The molecule has 25 heavy (non-hydrogen) atoms. The van der Waals surface area contributed by atoms with Crippen molar-refractivity contribution in [3.05, 3.63) is 39.3 Å². The van der Waals surface area contributed by atoms with Crippen LogP contribution in [0.25, 0.3) is 0 Å². The summed E-state index contributed by atoms with van der Waals surface area (Å²) in [5, 5.41) is 1.04. The number of fused-ring (bicyclic) bond motifs is 1. The predicted molar refractivity (Wildman–Crippen MR) is 98.4 cm³/mol. The van der Waals surface area contributed by atoms with Gasteiger partial charge in [0.1, 0.15) is 4.88 Å². The topological polar surface area (TPSA) is 51.7 Å². The first kappa shape index (κ1) is 17.7. The Labute approximate surface area is 152 Å². The Morgan fingerprint density at radius 1 is 1.32 bits per heavy atom. The lowest BCUT2D eigenvalue weighted by molar-refractivity contribution is 0.0756. The molecule has 2 aromatic rings. The van der Waals surface area contributed by atoms with Gasteiger partial charge in [-0.3, -0.25) is 4.79 Å². The molecule has 1 aliphatic heterocycles. The zero-order chi connectivity index (χ0) is 18.0. The van der Waals surface area contributed by atoms with Gasteiger partial charge < -0.3 is 14.4 Å². The molecule has 6 heteroatoms. The molecular formula is C19H24N2O3S. The van der Waals surface area contributed by atoms with Gasteiger partial charge in [-0.1, -0.05) is 19.9 Å². The van der Waals surface area contributed by atoms with Crippen molar-refractivity contribution in [3.8, 4) is 11.5 Å². The van der Waals surface area contributed by atoms with Crippen LogP contribution in [-0.4, -0.2) is 29.1 Å². The summed E-state index contributed by atoms with van der Waals surface area (Å²) in [6, 6.07) is 5.82. The Bertz CT molecular complexity index is 770. The van der Waals surface area contributed by atoms with Gasteiger partial charge in [0.15, 0.2) is 11.5 Å². The standard InChI is InChI=1S/C19H24N2O3S/c1-5-21(10-14-6-7-15-16(9-14)24-11-23-15)19(22)18-13(4)20-17(25-18)8-12(2)3/h6-7,9,12H,5,8,10-11H2,1-4H3. The second-order valence-electron chi connectivity index (χ2n) is 6.63. The largest absolute Gasteiger partial charge is 0.454 e. The molecule has 0 unspecified atom stereocenters. The summed E-state index contributed by atoms with van der Waals surface area (Å²) >= 11 is 1.52. The van der Waals surface area contributed by atoms with Crippen molar-refractivity contribution in [2.45, 2.75) is 40.7 Å². The minimum absolute atomic E-state index is 0.0465. The number of rotatable bonds is 6. The average Bonchev–Trinajstić information content (AvgIpc) is 3.17. The van der Waals surface area contributed by atoms with Crippen molar-refractivity contribution in [2.24, 2.45) is 5.92 Å². The van der Waals surface area contributed by atoms with Crippen LogP contribution in [0, 0.1) is 12.8 Å². The summed E-state index contributed by atoms with van der Waals surface area (Å²) in [6.45, 7) is 9.69. The maximum atomic E-state index is 13.0. The van der Waals surface area contributed by atoms with Gasteiger partial charge in [-0.25, -0.2) is 4.98 Å². The van der Waals surface area contributed by atoms with Crippen molar-refractivity contribution in [2.75, 3.05) is 13.3 Å². The number of amides is 1. The molecule has 1 amide bonds. The van der Waals surface area contributed by atoms with Gasteiger partial charge in [0.25, 0.3) is 5.91 Å². The molecule has 0 saturated carbocycles. The number of hydrogen-bond acceptors (Lipinski definition) is 5. The van der Waals surface area contributed by atoms with Crippen molar-refractivity contribution >= 4 is 17.2 Å². The highest BCUT2D eigenvalue weighted by atomic mass is 32.1. The lowest BCUT2D eigenvalue weighted by atomic mass is 10.1. The second-order valence-corrected chi connectivity index (χ2v) is 7.71. The SMILES string of the molecule is CCN(Cc1ccc2c(c1)OCO2)C(=O)c1sc(CC(C)C)nc1C. The number of benzene rings is 1. The van der Waals surface area contributed by atoms with Gasteiger partial charge in [-0.2, -0.15) is 0 Å². The van der Waals surface area contributed by atoms with Gasteiger partial charge in [-0.15, -0.1) is 11.3 Å². The first-order valence-corrected chi connectivity index (χ1v) is 9.43. The van der Waals surface area contributed by atoms with E-state index in [4.69, 9.17) is 9.47 Å². The van der Waals surface area contributed by atoms with Gasteiger partial charge in [0, 0.05) is 19.5 Å². The molecule has 134 valence electrons. The van der Waals surface area contributed by atoms with Crippen LogP contribution in [0.2, 0.25) is 0 Å². The van der Waals surface area contributed by atoms with Gasteiger partial charge in [0.2, 0.25) is 6.79 Å². The smallest absolute Gasteiger partial charge is 0.266 e. The number of aromatic nitrogens is 1. The molecule has 1 aromatic heterocycles. The molecule has 0 spiro atoms. The number of nitrogens with zero attached hydrogens (tertiary/aromatic N) is 2. The number of aryl methyl sites for hydroxylation is 1. The van der Waals surface area contributed by atoms with Crippen molar-refractivity contribution in [1.29, 1.82) is 0 Å². The van der Waals surface area contributed by atoms with E-state index in [1.807, 2.05) is 36.9 Å². The lowest BCUT2D eigenvalue weighted by Crippen LogP contribution is -2.30. The summed E-state index contributed by atoms with van der Waals surface area (Å²) in [6.07, 6.45) is 0.910. The molecule has 1 aliphatic rings. The molecule has 2 heterocycles. The fourth-order valence-corrected chi connectivity index (χ4v) is 4.06. The minimum Gasteiger partial charge on any atom is -0.454 e. The number of carbonyl (C=O) groups excluding carboxylic acids is 1. The van der Waals surface area contributed by atoms with Crippen LogP contribution >= 0.6 is 11.3 Å². The Morgan fingerprint density at radius 2 is 2.08 bits per heavy atom. The Balaban J connectivity index is 1.76. The summed E-state index contributed by atoms with van der Waals surface area (Å²) in [7, 11) is 0. The van der Waals surface area contributed by atoms with E-state index in [0.29, 0.717) is 19.0 Å².